The third kappa shape index (κ3) is 9.06. The van der Waals surface area contributed by atoms with Crippen molar-refractivity contribution in [3.8, 4) is 5.75 Å². The van der Waals surface area contributed by atoms with Gasteiger partial charge in [0.2, 0.25) is 0 Å². The molecule has 0 aliphatic carbocycles. The number of benzene rings is 1. The van der Waals surface area contributed by atoms with Crippen LogP contribution in [-0.4, -0.2) is 11.7 Å². The predicted octanol–water partition coefficient (Wildman–Crippen LogP) is 4.26. The Balaban J connectivity index is 0.000000411. The standard InChI is InChI=1S/C11H16O.C5H13N/c1-2-3-4-7-10-8-5-6-9-11(10)12;1-2-3-4-5-6/h5-6,8-9,12H,2-4,7H2,1H3;2-6H2,1H3. The minimum atomic E-state index is 0.439. The predicted molar refractivity (Wildman–Crippen MR) is 79.9 cm³/mol. The highest BCUT2D eigenvalue weighted by molar-refractivity contribution is 5.31. The van der Waals surface area contributed by atoms with E-state index in [1.165, 1.54) is 38.5 Å². The smallest absolute Gasteiger partial charge is 0.118 e. The number of aromatic hydroxyl groups is 1. The van der Waals surface area contributed by atoms with Gasteiger partial charge in [0.05, 0.1) is 0 Å². The average molecular weight is 251 g/mol. The van der Waals surface area contributed by atoms with Crippen LogP contribution in [0.5, 0.6) is 5.75 Å². The molecular formula is C16H29NO. The van der Waals surface area contributed by atoms with Gasteiger partial charge in [0, 0.05) is 0 Å². The van der Waals surface area contributed by atoms with Gasteiger partial charge >= 0.3 is 0 Å². The summed E-state index contributed by atoms with van der Waals surface area (Å²) >= 11 is 0. The SMILES string of the molecule is CCCCCN.CCCCCc1ccccc1O. The lowest BCUT2D eigenvalue weighted by Gasteiger charge is -2.02. The quantitative estimate of drug-likeness (QED) is 0.711. The van der Waals surface area contributed by atoms with E-state index in [-0.39, 0.29) is 0 Å². The van der Waals surface area contributed by atoms with Gasteiger partial charge in [-0.1, -0.05) is 57.7 Å². The number of unbranched alkanes of at least 4 members (excludes halogenated alkanes) is 4. The van der Waals surface area contributed by atoms with E-state index in [0.717, 1.165) is 18.5 Å². The normalized spacial score (nSPS) is 9.72. The van der Waals surface area contributed by atoms with Crippen molar-refractivity contribution in [3.05, 3.63) is 29.8 Å². The molecule has 0 atom stereocenters. The number of nitrogens with two attached hydrogens (primary N) is 1. The van der Waals surface area contributed by atoms with Gasteiger partial charge < -0.3 is 10.8 Å². The molecule has 0 heterocycles. The van der Waals surface area contributed by atoms with Crippen LogP contribution in [0.2, 0.25) is 0 Å². The van der Waals surface area contributed by atoms with Gasteiger partial charge in [-0.15, -0.1) is 0 Å². The number of rotatable bonds is 7. The molecule has 0 radical (unpaired) electrons. The summed E-state index contributed by atoms with van der Waals surface area (Å²) in [5.74, 6) is 0.439. The van der Waals surface area contributed by atoms with Crippen LogP contribution in [0, 0.1) is 0 Å². The van der Waals surface area contributed by atoms with Gasteiger partial charge in [0.1, 0.15) is 5.75 Å². The third-order valence-corrected chi connectivity index (χ3v) is 2.85. The van der Waals surface area contributed by atoms with Crippen LogP contribution in [0.3, 0.4) is 0 Å². The number of hydrogen-bond donors (Lipinski definition) is 2. The molecule has 0 aliphatic rings. The van der Waals surface area contributed by atoms with Crippen molar-refractivity contribution < 1.29 is 5.11 Å². The minimum absolute atomic E-state index is 0.439. The monoisotopic (exact) mass is 251 g/mol. The van der Waals surface area contributed by atoms with E-state index in [2.05, 4.69) is 13.8 Å². The van der Waals surface area contributed by atoms with Crippen LogP contribution in [0.4, 0.5) is 0 Å². The second-order valence-electron chi connectivity index (χ2n) is 4.58. The Kier molecular flexibility index (Phi) is 11.7. The maximum atomic E-state index is 9.41. The highest BCUT2D eigenvalue weighted by Crippen LogP contribution is 2.17. The summed E-state index contributed by atoms with van der Waals surface area (Å²) in [7, 11) is 0. The number of hydrogen-bond acceptors (Lipinski definition) is 2. The lowest BCUT2D eigenvalue weighted by molar-refractivity contribution is 0.466. The van der Waals surface area contributed by atoms with E-state index in [1.807, 2.05) is 18.2 Å². The van der Waals surface area contributed by atoms with E-state index in [0.29, 0.717) is 5.75 Å². The molecule has 0 fully saturated rings. The molecule has 1 rings (SSSR count). The number of aryl methyl sites for hydroxylation is 1. The molecule has 1 aromatic carbocycles. The van der Waals surface area contributed by atoms with Crippen molar-refractivity contribution in [2.24, 2.45) is 5.73 Å². The molecule has 0 bridgehead atoms. The Morgan fingerprint density at radius 1 is 0.944 bits per heavy atom. The molecule has 0 spiro atoms. The fraction of sp³-hybridized carbons (Fsp3) is 0.625. The Hall–Kier alpha value is -1.02. The zero-order valence-corrected chi connectivity index (χ0v) is 12.0. The summed E-state index contributed by atoms with van der Waals surface area (Å²) in [5, 5.41) is 9.41. The first-order valence-corrected chi connectivity index (χ1v) is 7.23. The van der Waals surface area contributed by atoms with Crippen molar-refractivity contribution >= 4 is 0 Å². The largest absolute Gasteiger partial charge is 0.508 e. The van der Waals surface area contributed by atoms with Crippen LogP contribution < -0.4 is 5.73 Å². The molecular weight excluding hydrogens is 222 g/mol. The summed E-state index contributed by atoms with van der Waals surface area (Å²) in [5.41, 5.74) is 6.29. The third-order valence-electron chi connectivity index (χ3n) is 2.85. The second-order valence-corrected chi connectivity index (χ2v) is 4.58. The second kappa shape index (κ2) is 12.4. The Morgan fingerprint density at radius 3 is 2.06 bits per heavy atom. The maximum absolute atomic E-state index is 9.41. The average Bonchev–Trinajstić information content (AvgIpc) is 2.40. The lowest BCUT2D eigenvalue weighted by atomic mass is 10.1. The Labute approximate surface area is 112 Å². The summed E-state index contributed by atoms with van der Waals surface area (Å²) in [6, 6.07) is 7.58. The Bertz CT molecular complexity index is 282. The van der Waals surface area contributed by atoms with Gasteiger partial charge in [-0.05, 0) is 37.4 Å². The van der Waals surface area contributed by atoms with Crippen LogP contribution in [0.25, 0.3) is 0 Å². The molecule has 104 valence electrons. The molecule has 18 heavy (non-hydrogen) atoms. The van der Waals surface area contributed by atoms with Gasteiger partial charge in [0.15, 0.2) is 0 Å². The Morgan fingerprint density at radius 2 is 1.56 bits per heavy atom. The summed E-state index contributed by atoms with van der Waals surface area (Å²) < 4.78 is 0. The first-order valence-electron chi connectivity index (χ1n) is 7.23. The van der Waals surface area contributed by atoms with E-state index in [1.54, 1.807) is 6.07 Å². The molecule has 0 aliphatic heterocycles. The summed E-state index contributed by atoms with van der Waals surface area (Å²) in [4.78, 5) is 0. The molecule has 0 saturated heterocycles. The van der Waals surface area contributed by atoms with Crippen molar-refractivity contribution in [1.29, 1.82) is 0 Å². The molecule has 0 unspecified atom stereocenters. The number of para-hydroxylation sites is 1. The van der Waals surface area contributed by atoms with Crippen molar-refractivity contribution in [2.45, 2.75) is 58.8 Å². The highest BCUT2D eigenvalue weighted by atomic mass is 16.3. The van der Waals surface area contributed by atoms with E-state index in [9.17, 15) is 5.11 Å². The van der Waals surface area contributed by atoms with E-state index in [4.69, 9.17) is 5.73 Å². The van der Waals surface area contributed by atoms with Crippen LogP contribution in [0.1, 0.15) is 57.9 Å². The molecule has 0 amide bonds. The molecule has 3 N–H and O–H groups in total. The number of phenolic OH excluding ortho intramolecular Hbond substituents is 1. The van der Waals surface area contributed by atoms with Crippen LogP contribution in [-0.2, 0) is 6.42 Å². The van der Waals surface area contributed by atoms with E-state index < -0.39 is 0 Å². The maximum Gasteiger partial charge on any atom is 0.118 e. The zero-order chi connectivity index (χ0) is 13.6. The number of phenols is 1. The van der Waals surface area contributed by atoms with Crippen molar-refractivity contribution in [3.63, 3.8) is 0 Å². The van der Waals surface area contributed by atoms with Gasteiger partial charge in [0.25, 0.3) is 0 Å². The van der Waals surface area contributed by atoms with Gasteiger partial charge in [-0.3, -0.25) is 0 Å². The topological polar surface area (TPSA) is 46.2 Å². The van der Waals surface area contributed by atoms with Gasteiger partial charge in [-0.2, -0.15) is 0 Å². The molecule has 0 aromatic heterocycles. The van der Waals surface area contributed by atoms with Crippen LogP contribution >= 0.6 is 0 Å². The van der Waals surface area contributed by atoms with Crippen LogP contribution in [0.15, 0.2) is 24.3 Å². The fourth-order valence-corrected chi connectivity index (χ4v) is 1.68. The van der Waals surface area contributed by atoms with Crippen molar-refractivity contribution in [1.82, 2.24) is 0 Å². The summed E-state index contributed by atoms with van der Waals surface area (Å²) in [6.45, 7) is 5.22. The highest BCUT2D eigenvalue weighted by Gasteiger charge is 1.97. The van der Waals surface area contributed by atoms with E-state index >= 15 is 0 Å². The molecule has 1 aromatic rings. The zero-order valence-electron chi connectivity index (χ0n) is 12.0. The first kappa shape index (κ1) is 17.0. The molecule has 2 nitrogen and oxygen atoms in total. The summed E-state index contributed by atoms with van der Waals surface area (Å²) in [6.07, 6.45) is 8.40. The minimum Gasteiger partial charge on any atom is -0.508 e. The molecule has 2 heteroatoms. The van der Waals surface area contributed by atoms with Crippen molar-refractivity contribution in [2.75, 3.05) is 6.54 Å². The molecule has 0 saturated carbocycles. The van der Waals surface area contributed by atoms with Gasteiger partial charge in [-0.25, -0.2) is 0 Å². The first-order chi connectivity index (χ1) is 8.76. The fourth-order valence-electron chi connectivity index (χ4n) is 1.68. The lowest BCUT2D eigenvalue weighted by Crippen LogP contribution is -1.96.